The van der Waals surface area contributed by atoms with E-state index in [4.69, 9.17) is 4.98 Å². The Hall–Kier alpha value is -2.59. The Kier molecular flexibility index (Phi) is 4.28. The minimum absolute atomic E-state index is 0.773. The third kappa shape index (κ3) is 3.44. The zero-order valence-corrected chi connectivity index (χ0v) is 14.7. The van der Waals surface area contributed by atoms with E-state index < -0.39 is 0 Å². The van der Waals surface area contributed by atoms with Crippen LogP contribution in [0.25, 0.3) is 11.4 Å². The summed E-state index contributed by atoms with van der Waals surface area (Å²) in [5.41, 5.74) is 7.48. The van der Waals surface area contributed by atoms with E-state index in [-0.39, 0.29) is 0 Å². The van der Waals surface area contributed by atoms with Crippen molar-refractivity contribution in [3.05, 3.63) is 76.9 Å². The zero-order valence-electron chi connectivity index (χ0n) is 14.7. The lowest BCUT2D eigenvalue weighted by atomic mass is 10.0. The SMILES string of the molecule is Cc1ccc(C)c(CN2CCc3nc(-c4cccnc4)ncc3C2)c1. The molecular formula is C21H22N4. The molecule has 4 rings (SSSR count). The van der Waals surface area contributed by atoms with Crippen molar-refractivity contribution in [2.45, 2.75) is 33.4 Å². The standard InChI is InChI=1S/C21H22N4/c1-15-5-6-16(2)18(10-15)13-25-9-7-20-19(14-25)12-23-21(24-20)17-4-3-8-22-11-17/h3-6,8,10-12H,7,9,13-14H2,1-2H3. The molecule has 4 heteroatoms. The molecule has 0 atom stereocenters. The quantitative estimate of drug-likeness (QED) is 0.734. The van der Waals surface area contributed by atoms with Crippen molar-refractivity contribution in [1.29, 1.82) is 0 Å². The van der Waals surface area contributed by atoms with E-state index in [9.17, 15) is 0 Å². The van der Waals surface area contributed by atoms with Crippen molar-refractivity contribution in [1.82, 2.24) is 19.9 Å². The normalized spacial score (nSPS) is 14.3. The molecule has 0 N–H and O–H groups in total. The van der Waals surface area contributed by atoms with E-state index in [0.717, 1.165) is 37.4 Å². The van der Waals surface area contributed by atoms with Gasteiger partial charge in [-0.2, -0.15) is 0 Å². The molecule has 4 nitrogen and oxygen atoms in total. The van der Waals surface area contributed by atoms with Gasteiger partial charge in [-0.15, -0.1) is 0 Å². The highest BCUT2D eigenvalue weighted by Gasteiger charge is 2.19. The molecule has 0 unspecified atom stereocenters. The monoisotopic (exact) mass is 330 g/mol. The van der Waals surface area contributed by atoms with Gasteiger partial charge in [0.05, 0.1) is 5.69 Å². The first-order valence-corrected chi connectivity index (χ1v) is 8.73. The fourth-order valence-corrected chi connectivity index (χ4v) is 3.36. The maximum atomic E-state index is 4.78. The van der Waals surface area contributed by atoms with Gasteiger partial charge in [0.2, 0.25) is 0 Å². The highest BCUT2D eigenvalue weighted by Crippen LogP contribution is 2.22. The van der Waals surface area contributed by atoms with E-state index >= 15 is 0 Å². The van der Waals surface area contributed by atoms with Crippen LogP contribution < -0.4 is 0 Å². The molecule has 1 aliphatic heterocycles. The van der Waals surface area contributed by atoms with Crippen molar-refractivity contribution in [3.63, 3.8) is 0 Å². The fraction of sp³-hybridized carbons (Fsp3) is 0.286. The highest BCUT2D eigenvalue weighted by molar-refractivity contribution is 5.53. The molecule has 1 aromatic carbocycles. The molecule has 0 aliphatic carbocycles. The smallest absolute Gasteiger partial charge is 0.160 e. The number of nitrogens with zero attached hydrogens (tertiary/aromatic N) is 4. The van der Waals surface area contributed by atoms with E-state index in [1.165, 1.54) is 27.9 Å². The topological polar surface area (TPSA) is 41.9 Å². The summed E-state index contributed by atoms with van der Waals surface area (Å²) in [5, 5.41) is 0. The van der Waals surface area contributed by atoms with Crippen molar-refractivity contribution in [3.8, 4) is 11.4 Å². The summed E-state index contributed by atoms with van der Waals surface area (Å²) < 4.78 is 0. The summed E-state index contributed by atoms with van der Waals surface area (Å²) in [7, 11) is 0. The van der Waals surface area contributed by atoms with Gasteiger partial charge >= 0.3 is 0 Å². The molecule has 2 aromatic heterocycles. The number of rotatable bonds is 3. The van der Waals surface area contributed by atoms with Crippen LogP contribution in [0.1, 0.15) is 27.9 Å². The van der Waals surface area contributed by atoms with Crippen molar-refractivity contribution in [2.24, 2.45) is 0 Å². The van der Waals surface area contributed by atoms with Crippen LogP contribution in [-0.4, -0.2) is 26.4 Å². The van der Waals surface area contributed by atoms with Crippen LogP contribution in [0.15, 0.2) is 48.9 Å². The molecule has 0 fully saturated rings. The number of hydrogen-bond acceptors (Lipinski definition) is 4. The Balaban J connectivity index is 1.53. The van der Waals surface area contributed by atoms with Gasteiger partial charge in [0.15, 0.2) is 5.82 Å². The Morgan fingerprint density at radius 3 is 2.88 bits per heavy atom. The number of pyridine rings is 1. The minimum Gasteiger partial charge on any atom is -0.294 e. The second kappa shape index (κ2) is 6.73. The lowest BCUT2D eigenvalue weighted by Gasteiger charge is -2.28. The van der Waals surface area contributed by atoms with Gasteiger partial charge in [-0.25, -0.2) is 9.97 Å². The molecule has 3 aromatic rings. The average molecular weight is 330 g/mol. The Bertz CT molecular complexity index is 890. The number of aryl methyl sites for hydroxylation is 2. The second-order valence-electron chi connectivity index (χ2n) is 6.80. The molecule has 0 spiro atoms. The second-order valence-corrected chi connectivity index (χ2v) is 6.80. The summed E-state index contributed by atoms with van der Waals surface area (Å²) in [6.07, 6.45) is 6.54. The Labute approximate surface area is 148 Å². The van der Waals surface area contributed by atoms with Crippen LogP contribution in [0.5, 0.6) is 0 Å². The number of hydrogen-bond donors (Lipinski definition) is 0. The van der Waals surface area contributed by atoms with Crippen LogP contribution in [0.2, 0.25) is 0 Å². The number of benzene rings is 1. The van der Waals surface area contributed by atoms with Gasteiger partial charge in [-0.1, -0.05) is 23.8 Å². The van der Waals surface area contributed by atoms with Gasteiger partial charge in [-0.05, 0) is 37.1 Å². The van der Waals surface area contributed by atoms with Crippen LogP contribution >= 0.6 is 0 Å². The fourth-order valence-electron chi connectivity index (χ4n) is 3.36. The van der Waals surface area contributed by atoms with E-state index in [1.54, 1.807) is 6.20 Å². The van der Waals surface area contributed by atoms with Crippen LogP contribution in [0, 0.1) is 13.8 Å². The van der Waals surface area contributed by atoms with E-state index in [1.807, 2.05) is 24.5 Å². The first kappa shape index (κ1) is 15.9. The summed E-state index contributed by atoms with van der Waals surface area (Å²) in [5.74, 6) is 0.773. The molecule has 0 saturated carbocycles. The van der Waals surface area contributed by atoms with E-state index in [2.05, 4.69) is 46.9 Å². The first-order chi connectivity index (χ1) is 12.2. The summed E-state index contributed by atoms with van der Waals surface area (Å²) in [4.78, 5) is 16.0. The van der Waals surface area contributed by atoms with E-state index in [0.29, 0.717) is 0 Å². The van der Waals surface area contributed by atoms with Gasteiger partial charge in [0.1, 0.15) is 0 Å². The maximum Gasteiger partial charge on any atom is 0.160 e. The van der Waals surface area contributed by atoms with Crippen molar-refractivity contribution in [2.75, 3.05) is 6.54 Å². The Morgan fingerprint density at radius 2 is 2.04 bits per heavy atom. The Morgan fingerprint density at radius 1 is 1.12 bits per heavy atom. The van der Waals surface area contributed by atoms with Crippen LogP contribution in [0.3, 0.4) is 0 Å². The predicted molar refractivity (Wildman–Crippen MR) is 99.0 cm³/mol. The van der Waals surface area contributed by atoms with Gasteiger partial charge in [-0.3, -0.25) is 9.88 Å². The molecule has 25 heavy (non-hydrogen) atoms. The van der Waals surface area contributed by atoms with Crippen molar-refractivity contribution >= 4 is 0 Å². The molecule has 0 amide bonds. The third-order valence-electron chi connectivity index (χ3n) is 4.83. The zero-order chi connectivity index (χ0) is 17.2. The predicted octanol–water partition coefficient (Wildman–Crippen LogP) is 3.71. The number of fused-ring (bicyclic) bond motifs is 1. The third-order valence-corrected chi connectivity index (χ3v) is 4.83. The highest BCUT2D eigenvalue weighted by atomic mass is 15.1. The molecule has 3 heterocycles. The van der Waals surface area contributed by atoms with Crippen LogP contribution in [-0.2, 0) is 19.5 Å². The van der Waals surface area contributed by atoms with Gasteiger partial charge in [0.25, 0.3) is 0 Å². The molecule has 126 valence electrons. The molecule has 0 bridgehead atoms. The summed E-state index contributed by atoms with van der Waals surface area (Å²) in [6.45, 7) is 7.27. The molecule has 0 saturated heterocycles. The maximum absolute atomic E-state index is 4.78. The number of aromatic nitrogens is 3. The lowest BCUT2D eigenvalue weighted by molar-refractivity contribution is 0.242. The average Bonchev–Trinajstić information content (AvgIpc) is 2.65. The van der Waals surface area contributed by atoms with Gasteiger partial charge in [0, 0.05) is 55.8 Å². The minimum atomic E-state index is 0.773. The summed E-state index contributed by atoms with van der Waals surface area (Å²) >= 11 is 0. The van der Waals surface area contributed by atoms with Crippen LogP contribution in [0.4, 0.5) is 0 Å². The van der Waals surface area contributed by atoms with Crippen molar-refractivity contribution < 1.29 is 0 Å². The molecule has 1 aliphatic rings. The first-order valence-electron chi connectivity index (χ1n) is 8.73. The largest absolute Gasteiger partial charge is 0.294 e. The lowest BCUT2D eigenvalue weighted by Crippen LogP contribution is -2.31. The molecular weight excluding hydrogens is 308 g/mol. The van der Waals surface area contributed by atoms with Gasteiger partial charge < -0.3 is 0 Å². The molecule has 0 radical (unpaired) electrons. The summed E-state index contributed by atoms with van der Waals surface area (Å²) in [6, 6.07) is 10.6.